The molecule has 0 aliphatic heterocycles. The first-order valence-corrected chi connectivity index (χ1v) is 2.92. The van der Waals surface area contributed by atoms with Crippen LogP contribution in [0.4, 0.5) is 20.2 Å². The summed E-state index contributed by atoms with van der Waals surface area (Å²) in [6.07, 6.45) is 0. The fourth-order valence-corrected chi connectivity index (χ4v) is 0.724. The van der Waals surface area contributed by atoms with Gasteiger partial charge in [0.05, 0.1) is 10.6 Å². The standard InChI is InChI=1S/C6H4F2N2O2/c7-3-1-2-4(9)5(8)6(3)10(11)12/h1-2H,9H2. The molecule has 0 unspecified atom stereocenters. The Hall–Kier alpha value is -1.72. The summed E-state index contributed by atoms with van der Waals surface area (Å²) in [7, 11) is 0. The van der Waals surface area contributed by atoms with Crippen LogP contribution in [0.3, 0.4) is 0 Å². The van der Waals surface area contributed by atoms with Gasteiger partial charge in [0.25, 0.3) is 0 Å². The van der Waals surface area contributed by atoms with Crippen LogP contribution < -0.4 is 5.73 Å². The smallest absolute Gasteiger partial charge is 0.342 e. The van der Waals surface area contributed by atoms with E-state index in [0.29, 0.717) is 0 Å². The minimum absolute atomic E-state index is 0.442. The minimum atomic E-state index is -1.33. The monoisotopic (exact) mass is 174 g/mol. The number of nitrogens with two attached hydrogens (primary N) is 1. The summed E-state index contributed by atoms with van der Waals surface area (Å²) in [4.78, 5) is 8.91. The number of halogens is 2. The highest BCUT2D eigenvalue weighted by atomic mass is 19.1. The highest BCUT2D eigenvalue weighted by Gasteiger charge is 2.22. The lowest BCUT2D eigenvalue weighted by Crippen LogP contribution is -2.00. The quantitative estimate of drug-likeness (QED) is 0.398. The van der Waals surface area contributed by atoms with Crippen LogP contribution in [0.5, 0.6) is 0 Å². The van der Waals surface area contributed by atoms with Gasteiger partial charge in [-0.15, -0.1) is 0 Å². The van der Waals surface area contributed by atoms with Crippen molar-refractivity contribution < 1.29 is 13.7 Å². The average molecular weight is 174 g/mol. The molecule has 1 aromatic carbocycles. The summed E-state index contributed by atoms with van der Waals surface area (Å²) in [5.74, 6) is -2.56. The van der Waals surface area contributed by atoms with Gasteiger partial charge >= 0.3 is 5.69 Å². The van der Waals surface area contributed by atoms with Gasteiger partial charge in [-0.2, -0.15) is 8.78 Å². The number of hydrogen-bond acceptors (Lipinski definition) is 3. The Kier molecular flexibility index (Phi) is 1.90. The molecule has 0 amide bonds. The zero-order valence-corrected chi connectivity index (χ0v) is 5.75. The van der Waals surface area contributed by atoms with Gasteiger partial charge in [-0.3, -0.25) is 10.1 Å². The van der Waals surface area contributed by atoms with Crippen molar-refractivity contribution in [3.63, 3.8) is 0 Å². The number of nitrogen functional groups attached to an aromatic ring is 1. The van der Waals surface area contributed by atoms with E-state index in [0.717, 1.165) is 12.1 Å². The molecular formula is C6H4F2N2O2. The molecule has 0 heterocycles. The van der Waals surface area contributed by atoms with Crippen LogP contribution >= 0.6 is 0 Å². The van der Waals surface area contributed by atoms with E-state index in [1.54, 1.807) is 0 Å². The molecule has 0 spiro atoms. The summed E-state index contributed by atoms with van der Waals surface area (Å²) < 4.78 is 25.3. The summed E-state index contributed by atoms with van der Waals surface area (Å²) >= 11 is 0. The second-order valence-electron chi connectivity index (χ2n) is 2.06. The van der Waals surface area contributed by atoms with Gasteiger partial charge in [0.2, 0.25) is 11.6 Å². The molecule has 64 valence electrons. The summed E-state index contributed by atoms with van der Waals surface area (Å²) in [6, 6.07) is 1.67. The van der Waals surface area contributed by atoms with Crippen LogP contribution in [0.25, 0.3) is 0 Å². The first-order chi connectivity index (χ1) is 5.54. The van der Waals surface area contributed by atoms with Crippen molar-refractivity contribution in [3.05, 3.63) is 33.9 Å². The lowest BCUT2D eigenvalue weighted by Gasteiger charge is -1.97. The average Bonchev–Trinajstić information content (AvgIpc) is 1.97. The molecule has 1 rings (SSSR count). The third kappa shape index (κ3) is 1.18. The molecule has 12 heavy (non-hydrogen) atoms. The van der Waals surface area contributed by atoms with Crippen LogP contribution in [-0.2, 0) is 0 Å². The minimum Gasteiger partial charge on any atom is -0.396 e. The Morgan fingerprint density at radius 3 is 2.42 bits per heavy atom. The molecular weight excluding hydrogens is 170 g/mol. The number of nitro groups is 1. The van der Waals surface area contributed by atoms with Crippen LogP contribution in [0, 0.1) is 21.7 Å². The molecule has 4 nitrogen and oxygen atoms in total. The Labute approximate surface area is 65.8 Å². The van der Waals surface area contributed by atoms with Crippen LogP contribution in [0.15, 0.2) is 12.1 Å². The highest BCUT2D eigenvalue weighted by molar-refractivity contribution is 5.50. The fourth-order valence-electron chi connectivity index (χ4n) is 0.724. The van der Waals surface area contributed by atoms with Crippen LogP contribution in [0.1, 0.15) is 0 Å². The molecule has 1 aromatic rings. The van der Waals surface area contributed by atoms with Gasteiger partial charge < -0.3 is 5.73 Å². The van der Waals surface area contributed by atoms with E-state index in [1.807, 2.05) is 0 Å². The molecule has 2 N–H and O–H groups in total. The van der Waals surface area contributed by atoms with E-state index in [-0.39, 0.29) is 0 Å². The lowest BCUT2D eigenvalue weighted by atomic mass is 10.2. The number of nitrogens with zero attached hydrogens (tertiary/aromatic N) is 1. The topological polar surface area (TPSA) is 69.2 Å². The van der Waals surface area contributed by atoms with Crippen molar-refractivity contribution in [2.75, 3.05) is 5.73 Å². The Balaban J connectivity index is 3.43. The Morgan fingerprint density at radius 1 is 1.42 bits per heavy atom. The summed E-state index contributed by atoms with van der Waals surface area (Å²) in [6.45, 7) is 0. The molecule has 0 radical (unpaired) electrons. The molecule has 0 saturated carbocycles. The van der Waals surface area contributed by atoms with Crippen molar-refractivity contribution in [3.8, 4) is 0 Å². The first-order valence-electron chi connectivity index (χ1n) is 2.92. The van der Waals surface area contributed by atoms with Gasteiger partial charge in [-0.05, 0) is 12.1 Å². The number of anilines is 1. The van der Waals surface area contributed by atoms with Gasteiger partial charge in [0.15, 0.2) is 0 Å². The maximum atomic E-state index is 12.7. The third-order valence-corrected chi connectivity index (χ3v) is 1.28. The lowest BCUT2D eigenvalue weighted by molar-refractivity contribution is -0.390. The van der Waals surface area contributed by atoms with E-state index in [1.165, 1.54) is 0 Å². The van der Waals surface area contributed by atoms with Gasteiger partial charge in [-0.25, -0.2) is 0 Å². The van der Waals surface area contributed by atoms with E-state index < -0.39 is 27.9 Å². The van der Waals surface area contributed by atoms with E-state index in [9.17, 15) is 18.9 Å². The molecule has 0 fully saturated rings. The third-order valence-electron chi connectivity index (χ3n) is 1.28. The van der Waals surface area contributed by atoms with E-state index in [4.69, 9.17) is 5.73 Å². The Morgan fingerprint density at radius 2 is 2.00 bits per heavy atom. The van der Waals surface area contributed by atoms with Crippen molar-refractivity contribution in [1.29, 1.82) is 0 Å². The predicted octanol–water partition coefficient (Wildman–Crippen LogP) is 1.46. The number of hydrogen-bond donors (Lipinski definition) is 1. The normalized spacial score (nSPS) is 9.83. The zero-order valence-electron chi connectivity index (χ0n) is 5.75. The van der Waals surface area contributed by atoms with Crippen LogP contribution in [0.2, 0.25) is 0 Å². The van der Waals surface area contributed by atoms with Gasteiger partial charge in [0.1, 0.15) is 0 Å². The largest absolute Gasteiger partial charge is 0.396 e. The molecule has 0 bridgehead atoms. The maximum absolute atomic E-state index is 12.7. The van der Waals surface area contributed by atoms with Crippen molar-refractivity contribution >= 4 is 11.4 Å². The van der Waals surface area contributed by atoms with Crippen LogP contribution in [-0.4, -0.2) is 4.92 Å². The van der Waals surface area contributed by atoms with Crippen molar-refractivity contribution in [2.45, 2.75) is 0 Å². The summed E-state index contributed by atoms with van der Waals surface area (Å²) in [5, 5.41) is 10.1. The SMILES string of the molecule is Nc1ccc(F)c([N+](=O)[O-])c1F. The number of nitro benzene ring substituents is 1. The second-order valence-corrected chi connectivity index (χ2v) is 2.06. The maximum Gasteiger partial charge on any atom is 0.342 e. The molecule has 0 aliphatic carbocycles. The molecule has 0 saturated heterocycles. The van der Waals surface area contributed by atoms with Crippen molar-refractivity contribution in [2.24, 2.45) is 0 Å². The van der Waals surface area contributed by atoms with E-state index >= 15 is 0 Å². The molecule has 6 heteroatoms. The van der Waals surface area contributed by atoms with Gasteiger partial charge in [-0.1, -0.05) is 0 Å². The Bertz CT molecular complexity index is 341. The first kappa shape index (κ1) is 8.38. The number of benzene rings is 1. The number of rotatable bonds is 1. The van der Waals surface area contributed by atoms with Crippen molar-refractivity contribution in [1.82, 2.24) is 0 Å². The fraction of sp³-hybridized carbons (Fsp3) is 0. The molecule has 0 aromatic heterocycles. The predicted molar refractivity (Wildman–Crippen MR) is 37.4 cm³/mol. The highest BCUT2D eigenvalue weighted by Crippen LogP contribution is 2.25. The zero-order chi connectivity index (χ0) is 9.30. The van der Waals surface area contributed by atoms with Gasteiger partial charge in [0, 0.05) is 0 Å². The molecule has 0 atom stereocenters. The summed E-state index contributed by atoms with van der Waals surface area (Å²) in [5.41, 5.74) is 3.33. The molecule has 0 aliphatic rings. The van der Waals surface area contributed by atoms with E-state index in [2.05, 4.69) is 0 Å². The second kappa shape index (κ2) is 2.72.